The lowest BCUT2D eigenvalue weighted by atomic mass is 9.97. The van der Waals surface area contributed by atoms with Crippen molar-refractivity contribution in [3.8, 4) is 39.4 Å². The number of methoxy groups -OCH3 is 3. The van der Waals surface area contributed by atoms with Gasteiger partial charge in [-0.15, -0.1) is 0 Å². The van der Waals surface area contributed by atoms with E-state index in [1.165, 1.54) is 11.3 Å². The second-order valence-corrected chi connectivity index (χ2v) is 10.8. The van der Waals surface area contributed by atoms with E-state index in [4.69, 9.17) is 24.5 Å². The fourth-order valence-corrected chi connectivity index (χ4v) is 5.40. The summed E-state index contributed by atoms with van der Waals surface area (Å²) in [5.41, 5.74) is 10.3. The Hall–Kier alpha value is -5.10. The van der Waals surface area contributed by atoms with E-state index in [2.05, 4.69) is 25.8 Å². The number of nitrogens with two attached hydrogens (primary N) is 1. The van der Waals surface area contributed by atoms with Crippen LogP contribution >= 0.6 is 11.3 Å². The SMILES string of the molecule is COc1cc(Nc2nc(N)c(-c3nc(-c4cc(NC(=O)C[C@H](C)c5ccccc5)ccc4C)no3)s2)cc(OC)c1OC. The lowest BCUT2D eigenvalue weighted by Crippen LogP contribution is -2.14. The van der Waals surface area contributed by atoms with Crippen molar-refractivity contribution in [2.45, 2.75) is 26.2 Å². The second kappa shape index (κ2) is 12.8. The standard InChI is InChI=1S/C31H32N6O5S/c1-17-11-12-20(33-25(38)13-18(2)19-9-7-6-8-10-19)14-22(17)29-36-30(42-37-29)27-28(32)35-31(43-27)34-21-15-23(39-3)26(41-5)24(16-21)40-4/h6-12,14-16,18H,13,32H2,1-5H3,(H,33,38)(H,34,35)/t18-/m0/s1. The average Bonchev–Trinajstić information content (AvgIpc) is 3.64. The molecule has 2 aromatic heterocycles. The molecule has 1 amide bonds. The van der Waals surface area contributed by atoms with E-state index in [1.807, 2.05) is 62.4 Å². The smallest absolute Gasteiger partial charge is 0.272 e. The van der Waals surface area contributed by atoms with E-state index in [1.54, 1.807) is 33.5 Å². The minimum absolute atomic E-state index is 0.0791. The van der Waals surface area contributed by atoms with Gasteiger partial charge in [0.25, 0.3) is 5.89 Å². The first kappa shape index (κ1) is 29.4. The number of anilines is 4. The normalized spacial score (nSPS) is 11.6. The summed E-state index contributed by atoms with van der Waals surface area (Å²) in [5.74, 6) is 2.31. The molecular weight excluding hydrogens is 568 g/mol. The number of benzene rings is 3. The fraction of sp³-hybridized carbons (Fsp3) is 0.226. The van der Waals surface area contributed by atoms with Crippen molar-refractivity contribution in [2.75, 3.05) is 37.7 Å². The van der Waals surface area contributed by atoms with Gasteiger partial charge in [-0.2, -0.15) is 4.98 Å². The Morgan fingerprint density at radius 2 is 1.70 bits per heavy atom. The molecule has 0 aliphatic heterocycles. The van der Waals surface area contributed by atoms with Crippen LogP contribution in [0.15, 0.2) is 65.2 Å². The van der Waals surface area contributed by atoms with Crippen LogP contribution in [0.5, 0.6) is 17.2 Å². The highest BCUT2D eigenvalue weighted by molar-refractivity contribution is 7.19. The Morgan fingerprint density at radius 1 is 0.977 bits per heavy atom. The van der Waals surface area contributed by atoms with Gasteiger partial charge < -0.3 is 35.1 Å². The number of ether oxygens (including phenoxy) is 3. The molecule has 222 valence electrons. The first-order valence-electron chi connectivity index (χ1n) is 13.4. The highest BCUT2D eigenvalue weighted by Gasteiger charge is 2.21. The first-order chi connectivity index (χ1) is 20.8. The molecule has 0 fully saturated rings. The van der Waals surface area contributed by atoms with E-state index < -0.39 is 0 Å². The second-order valence-electron chi connectivity index (χ2n) is 9.79. The Morgan fingerprint density at radius 3 is 2.37 bits per heavy atom. The van der Waals surface area contributed by atoms with E-state index >= 15 is 0 Å². The maximum Gasteiger partial charge on any atom is 0.272 e. The average molecular weight is 601 g/mol. The third-order valence-corrected chi connectivity index (χ3v) is 7.79. The van der Waals surface area contributed by atoms with Crippen LogP contribution in [0.2, 0.25) is 0 Å². The van der Waals surface area contributed by atoms with Gasteiger partial charge in [-0.25, -0.2) is 4.98 Å². The summed E-state index contributed by atoms with van der Waals surface area (Å²) in [4.78, 5) is 22.3. The maximum atomic E-state index is 12.8. The van der Waals surface area contributed by atoms with Crippen LogP contribution < -0.4 is 30.6 Å². The van der Waals surface area contributed by atoms with Crippen LogP contribution in [0, 0.1) is 6.92 Å². The third-order valence-electron chi connectivity index (χ3n) is 6.81. The van der Waals surface area contributed by atoms with Crippen molar-refractivity contribution in [1.29, 1.82) is 0 Å². The molecule has 11 nitrogen and oxygen atoms in total. The predicted octanol–water partition coefficient (Wildman–Crippen LogP) is 6.65. The van der Waals surface area contributed by atoms with Crippen LogP contribution in [-0.4, -0.2) is 42.4 Å². The lowest BCUT2D eigenvalue weighted by Gasteiger charge is -2.14. The Balaban J connectivity index is 1.32. The van der Waals surface area contributed by atoms with Crippen LogP contribution in [0.1, 0.15) is 30.4 Å². The van der Waals surface area contributed by atoms with Crippen molar-refractivity contribution in [1.82, 2.24) is 15.1 Å². The summed E-state index contributed by atoms with van der Waals surface area (Å²) in [7, 11) is 4.64. The minimum Gasteiger partial charge on any atom is -0.493 e. The number of hydrogen-bond acceptors (Lipinski definition) is 11. The highest BCUT2D eigenvalue weighted by Crippen LogP contribution is 2.42. The molecule has 0 bridgehead atoms. The molecular formula is C31H32N6O5S. The maximum absolute atomic E-state index is 12.8. The molecule has 0 unspecified atom stereocenters. The molecule has 3 aromatic carbocycles. The van der Waals surface area contributed by atoms with Gasteiger partial charge in [0.15, 0.2) is 16.6 Å². The van der Waals surface area contributed by atoms with E-state index in [0.717, 1.165) is 16.7 Å². The number of aryl methyl sites for hydroxylation is 1. The summed E-state index contributed by atoms with van der Waals surface area (Å²) in [6.45, 7) is 3.97. The largest absolute Gasteiger partial charge is 0.493 e. The summed E-state index contributed by atoms with van der Waals surface area (Å²) in [6.07, 6.45) is 0.358. The quantitative estimate of drug-likeness (QED) is 0.150. The molecule has 43 heavy (non-hydrogen) atoms. The molecule has 4 N–H and O–H groups in total. The number of aromatic nitrogens is 3. The summed E-state index contributed by atoms with van der Waals surface area (Å²) >= 11 is 1.26. The summed E-state index contributed by atoms with van der Waals surface area (Å²) < 4.78 is 21.8. The zero-order chi connectivity index (χ0) is 30.5. The van der Waals surface area contributed by atoms with Gasteiger partial charge in [0.2, 0.25) is 17.5 Å². The summed E-state index contributed by atoms with van der Waals surface area (Å²) in [6, 6.07) is 19.1. The Labute approximate surface area is 253 Å². The summed E-state index contributed by atoms with van der Waals surface area (Å²) in [5, 5.41) is 10.9. The third kappa shape index (κ3) is 6.54. The lowest BCUT2D eigenvalue weighted by molar-refractivity contribution is -0.116. The zero-order valence-electron chi connectivity index (χ0n) is 24.4. The molecule has 0 aliphatic rings. The van der Waals surface area contributed by atoms with Gasteiger partial charge >= 0.3 is 0 Å². The number of nitrogen functional groups attached to an aromatic ring is 1. The molecule has 0 radical (unpaired) electrons. The number of hydrogen-bond donors (Lipinski definition) is 3. The van der Waals surface area contributed by atoms with Crippen LogP contribution in [0.3, 0.4) is 0 Å². The predicted molar refractivity (Wildman–Crippen MR) is 167 cm³/mol. The number of thiazole rings is 1. The van der Waals surface area contributed by atoms with Gasteiger partial charge in [0.05, 0.1) is 21.3 Å². The van der Waals surface area contributed by atoms with E-state index in [-0.39, 0.29) is 23.5 Å². The molecule has 0 saturated heterocycles. The monoisotopic (exact) mass is 600 g/mol. The number of nitrogens with zero attached hydrogens (tertiary/aromatic N) is 3. The molecule has 0 saturated carbocycles. The topological polar surface area (TPSA) is 147 Å². The number of amides is 1. The van der Waals surface area contributed by atoms with Crippen molar-refractivity contribution >= 4 is 39.6 Å². The van der Waals surface area contributed by atoms with Gasteiger partial charge in [0, 0.05) is 35.5 Å². The Kier molecular flexibility index (Phi) is 8.77. The van der Waals surface area contributed by atoms with Crippen LogP contribution in [0.4, 0.5) is 22.3 Å². The molecule has 5 rings (SSSR count). The molecule has 12 heteroatoms. The van der Waals surface area contributed by atoms with Gasteiger partial charge in [-0.1, -0.05) is 59.8 Å². The molecule has 0 aliphatic carbocycles. The number of nitrogens with one attached hydrogen (secondary N) is 2. The number of carbonyl (C=O) groups is 1. The highest BCUT2D eigenvalue weighted by atomic mass is 32.1. The molecule has 2 heterocycles. The van der Waals surface area contributed by atoms with Gasteiger partial charge in [0.1, 0.15) is 10.7 Å². The van der Waals surface area contributed by atoms with Crippen molar-refractivity contribution < 1.29 is 23.5 Å². The minimum atomic E-state index is -0.0791. The van der Waals surface area contributed by atoms with E-state index in [0.29, 0.717) is 50.9 Å². The number of rotatable bonds is 11. The van der Waals surface area contributed by atoms with Gasteiger partial charge in [-0.05, 0) is 36.1 Å². The first-order valence-corrected chi connectivity index (χ1v) is 14.2. The Bertz CT molecular complexity index is 1710. The van der Waals surface area contributed by atoms with Crippen molar-refractivity contribution in [3.05, 3.63) is 71.8 Å². The number of carbonyl (C=O) groups excluding carboxylic acids is 1. The van der Waals surface area contributed by atoms with E-state index in [9.17, 15) is 4.79 Å². The molecule has 0 spiro atoms. The van der Waals surface area contributed by atoms with Crippen LogP contribution in [-0.2, 0) is 4.79 Å². The molecule has 5 aromatic rings. The van der Waals surface area contributed by atoms with Crippen molar-refractivity contribution in [3.63, 3.8) is 0 Å². The van der Waals surface area contributed by atoms with Crippen LogP contribution in [0.25, 0.3) is 22.2 Å². The fourth-order valence-electron chi connectivity index (χ4n) is 4.57. The molecule has 1 atom stereocenters. The van der Waals surface area contributed by atoms with Crippen molar-refractivity contribution in [2.24, 2.45) is 0 Å². The van der Waals surface area contributed by atoms with Gasteiger partial charge in [-0.3, -0.25) is 4.79 Å². The zero-order valence-corrected chi connectivity index (χ0v) is 25.2.